The van der Waals surface area contributed by atoms with E-state index in [9.17, 15) is 4.39 Å². The summed E-state index contributed by atoms with van der Waals surface area (Å²) in [6.07, 6.45) is 2.58. The summed E-state index contributed by atoms with van der Waals surface area (Å²) in [6.45, 7) is 6.14. The lowest BCUT2D eigenvalue weighted by Gasteiger charge is -2.39. The summed E-state index contributed by atoms with van der Waals surface area (Å²) >= 11 is 0. The molecular weight excluding hydrogens is 229 g/mol. The zero-order valence-electron chi connectivity index (χ0n) is 10.8. The predicted molar refractivity (Wildman–Crippen MR) is 72.4 cm³/mol. The fraction of sp³-hybridized carbons (Fsp3) is 0.571. The van der Waals surface area contributed by atoms with Crippen molar-refractivity contribution in [2.24, 2.45) is 0 Å². The summed E-state index contributed by atoms with van der Waals surface area (Å²) in [6, 6.07) is 3.99. The van der Waals surface area contributed by atoms with E-state index in [0.717, 1.165) is 25.3 Å². The van der Waals surface area contributed by atoms with E-state index in [4.69, 9.17) is 5.73 Å². The molecule has 0 aromatic heterocycles. The number of anilines is 2. The third kappa shape index (κ3) is 1.94. The molecule has 0 aliphatic carbocycles. The third-order valence-electron chi connectivity index (χ3n) is 4.24. The number of nitrogens with zero attached hydrogens (tertiary/aromatic N) is 2. The Labute approximate surface area is 107 Å². The highest BCUT2D eigenvalue weighted by molar-refractivity contribution is 5.69. The van der Waals surface area contributed by atoms with Gasteiger partial charge < -0.3 is 10.6 Å². The molecule has 0 spiro atoms. The number of hydrogen-bond donors (Lipinski definition) is 1. The Morgan fingerprint density at radius 2 is 2.11 bits per heavy atom. The van der Waals surface area contributed by atoms with Gasteiger partial charge in [-0.2, -0.15) is 0 Å². The summed E-state index contributed by atoms with van der Waals surface area (Å²) < 4.78 is 13.4. The summed E-state index contributed by atoms with van der Waals surface area (Å²) in [5, 5.41) is 0. The van der Waals surface area contributed by atoms with Crippen molar-refractivity contribution in [3.8, 4) is 0 Å². The van der Waals surface area contributed by atoms with Gasteiger partial charge in [-0.05, 0) is 44.0 Å². The molecular formula is C14H20FN3. The lowest BCUT2D eigenvalue weighted by Crippen LogP contribution is -2.50. The van der Waals surface area contributed by atoms with E-state index in [1.165, 1.54) is 25.5 Å². The van der Waals surface area contributed by atoms with E-state index in [1.54, 1.807) is 6.92 Å². The minimum Gasteiger partial charge on any atom is -0.397 e. The smallest absolute Gasteiger partial charge is 0.128 e. The van der Waals surface area contributed by atoms with Crippen LogP contribution in [0.4, 0.5) is 15.8 Å². The van der Waals surface area contributed by atoms with Gasteiger partial charge in [-0.3, -0.25) is 4.90 Å². The number of benzene rings is 1. The molecule has 2 fully saturated rings. The van der Waals surface area contributed by atoms with E-state index >= 15 is 0 Å². The zero-order valence-corrected chi connectivity index (χ0v) is 10.8. The summed E-state index contributed by atoms with van der Waals surface area (Å²) in [5.41, 5.74) is 8.20. The molecule has 18 heavy (non-hydrogen) atoms. The molecule has 0 radical (unpaired) electrons. The van der Waals surface area contributed by atoms with Crippen molar-refractivity contribution in [3.05, 3.63) is 23.5 Å². The summed E-state index contributed by atoms with van der Waals surface area (Å²) in [7, 11) is 0. The van der Waals surface area contributed by atoms with Crippen LogP contribution in [0.2, 0.25) is 0 Å². The van der Waals surface area contributed by atoms with Gasteiger partial charge in [-0.25, -0.2) is 4.39 Å². The number of nitrogen functional groups attached to an aromatic ring is 1. The van der Waals surface area contributed by atoms with Crippen molar-refractivity contribution >= 4 is 11.4 Å². The maximum absolute atomic E-state index is 13.4. The van der Waals surface area contributed by atoms with Crippen LogP contribution in [0.15, 0.2) is 12.1 Å². The summed E-state index contributed by atoms with van der Waals surface area (Å²) in [5.74, 6) is -0.212. The average molecular weight is 249 g/mol. The van der Waals surface area contributed by atoms with E-state index in [0.29, 0.717) is 17.3 Å². The van der Waals surface area contributed by atoms with Crippen molar-refractivity contribution < 1.29 is 4.39 Å². The van der Waals surface area contributed by atoms with Gasteiger partial charge in [0, 0.05) is 25.7 Å². The monoisotopic (exact) mass is 249 g/mol. The Balaban J connectivity index is 1.84. The minimum absolute atomic E-state index is 0.212. The molecule has 4 heteroatoms. The molecule has 2 saturated heterocycles. The van der Waals surface area contributed by atoms with Gasteiger partial charge in [-0.1, -0.05) is 0 Å². The highest BCUT2D eigenvalue weighted by Crippen LogP contribution is 2.30. The predicted octanol–water partition coefficient (Wildman–Crippen LogP) is 2.00. The number of hydrogen-bond acceptors (Lipinski definition) is 3. The Morgan fingerprint density at radius 1 is 1.28 bits per heavy atom. The fourth-order valence-electron chi connectivity index (χ4n) is 3.17. The number of nitrogens with two attached hydrogens (primary N) is 1. The van der Waals surface area contributed by atoms with E-state index in [-0.39, 0.29) is 5.82 Å². The number of halogens is 1. The first-order chi connectivity index (χ1) is 8.65. The Kier molecular flexibility index (Phi) is 2.90. The normalized spacial score (nSPS) is 24.3. The molecule has 1 aromatic rings. The molecule has 2 aliphatic heterocycles. The zero-order chi connectivity index (χ0) is 12.7. The van der Waals surface area contributed by atoms with Crippen LogP contribution in [0.5, 0.6) is 0 Å². The first-order valence-corrected chi connectivity index (χ1v) is 6.70. The van der Waals surface area contributed by atoms with Gasteiger partial charge in [0.1, 0.15) is 5.82 Å². The first kappa shape index (κ1) is 11.8. The maximum atomic E-state index is 13.4. The van der Waals surface area contributed by atoms with Crippen LogP contribution in [-0.2, 0) is 0 Å². The van der Waals surface area contributed by atoms with Gasteiger partial charge in [-0.15, -0.1) is 0 Å². The van der Waals surface area contributed by atoms with Gasteiger partial charge in [0.25, 0.3) is 0 Å². The van der Waals surface area contributed by atoms with Crippen molar-refractivity contribution in [1.29, 1.82) is 0 Å². The second-order valence-corrected chi connectivity index (χ2v) is 5.44. The SMILES string of the molecule is Cc1cc(N2CCN3CCCC3C2)c(N)cc1F. The number of piperazine rings is 1. The standard InChI is InChI=1S/C14H20FN3/c1-10-7-14(13(16)8-12(10)15)18-6-5-17-4-2-3-11(17)9-18/h7-8,11H,2-6,9,16H2,1H3. The highest BCUT2D eigenvalue weighted by atomic mass is 19.1. The maximum Gasteiger partial charge on any atom is 0.128 e. The van der Waals surface area contributed by atoms with Gasteiger partial charge in [0.05, 0.1) is 11.4 Å². The molecule has 1 unspecified atom stereocenters. The topological polar surface area (TPSA) is 32.5 Å². The third-order valence-corrected chi connectivity index (χ3v) is 4.24. The lowest BCUT2D eigenvalue weighted by molar-refractivity contribution is 0.231. The Hall–Kier alpha value is -1.29. The minimum atomic E-state index is -0.212. The first-order valence-electron chi connectivity index (χ1n) is 6.70. The van der Waals surface area contributed by atoms with Crippen LogP contribution in [0, 0.1) is 12.7 Å². The van der Waals surface area contributed by atoms with E-state index in [1.807, 2.05) is 6.07 Å². The quantitative estimate of drug-likeness (QED) is 0.773. The van der Waals surface area contributed by atoms with Crippen LogP contribution in [-0.4, -0.2) is 37.1 Å². The molecule has 1 atom stereocenters. The molecule has 3 rings (SSSR count). The fourth-order valence-corrected chi connectivity index (χ4v) is 3.17. The number of aryl methyl sites for hydroxylation is 1. The van der Waals surface area contributed by atoms with Gasteiger partial charge in [0.15, 0.2) is 0 Å². The Bertz CT molecular complexity index is 461. The average Bonchev–Trinajstić information content (AvgIpc) is 2.80. The van der Waals surface area contributed by atoms with Crippen LogP contribution in [0.25, 0.3) is 0 Å². The van der Waals surface area contributed by atoms with Crippen molar-refractivity contribution in [1.82, 2.24) is 4.90 Å². The van der Waals surface area contributed by atoms with Crippen molar-refractivity contribution in [2.75, 3.05) is 36.8 Å². The van der Waals surface area contributed by atoms with Crippen LogP contribution >= 0.6 is 0 Å². The molecule has 98 valence electrons. The molecule has 2 aliphatic rings. The second-order valence-electron chi connectivity index (χ2n) is 5.44. The molecule has 2 heterocycles. The Morgan fingerprint density at radius 3 is 2.94 bits per heavy atom. The molecule has 1 aromatic carbocycles. The van der Waals surface area contributed by atoms with Crippen LogP contribution in [0.1, 0.15) is 18.4 Å². The number of fused-ring (bicyclic) bond motifs is 1. The molecule has 0 bridgehead atoms. The number of rotatable bonds is 1. The van der Waals surface area contributed by atoms with Crippen LogP contribution < -0.4 is 10.6 Å². The van der Waals surface area contributed by atoms with E-state index in [2.05, 4.69) is 9.80 Å². The molecule has 2 N–H and O–H groups in total. The second kappa shape index (κ2) is 4.43. The van der Waals surface area contributed by atoms with E-state index < -0.39 is 0 Å². The molecule has 0 amide bonds. The van der Waals surface area contributed by atoms with Crippen molar-refractivity contribution in [2.45, 2.75) is 25.8 Å². The van der Waals surface area contributed by atoms with Gasteiger partial charge in [0.2, 0.25) is 0 Å². The molecule has 3 nitrogen and oxygen atoms in total. The lowest BCUT2D eigenvalue weighted by atomic mass is 10.1. The summed E-state index contributed by atoms with van der Waals surface area (Å²) in [4.78, 5) is 4.87. The highest BCUT2D eigenvalue weighted by Gasteiger charge is 2.31. The van der Waals surface area contributed by atoms with Crippen molar-refractivity contribution in [3.63, 3.8) is 0 Å². The van der Waals surface area contributed by atoms with Crippen LogP contribution in [0.3, 0.4) is 0 Å². The molecule has 0 saturated carbocycles. The van der Waals surface area contributed by atoms with Gasteiger partial charge >= 0.3 is 0 Å². The largest absolute Gasteiger partial charge is 0.397 e.